The van der Waals surface area contributed by atoms with Gasteiger partial charge in [-0.1, -0.05) is 32.1 Å². The maximum absolute atomic E-state index is 14.0. The number of halogens is 1. The number of benzene rings is 1. The minimum absolute atomic E-state index is 0.0190. The number of carbonyl (C=O) groups is 2. The van der Waals surface area contributed by atoms with Crippen LogP contribution in [0.1, 0.15) is 69.8 Å². The molecule has 2 fully saturated rings. The molecule has 10 heteroatoms. The molecule has 0 radical (unpaired) electrons. The second-order valence-electron chi connectivity index (χ2n) is 10.8. The lowest BCUT2D eigenvalue weighted by molar-refractivity contribution is -0.147. The maximum atomic E-state index is 14.0. The van der Waals surface area contributed by atoms with Crippen molar-refractivity contribution in [3.05, 3.63) is 32.9 Å². The molecule has 1 aromatic carbocycles. The van der Waals surface area contributed by atoms with Crippen LogP contribution in [-0.2, 0) is 16.2 Å². The Balaban J connectivity index is 1.71. The Labute approximate surface area is 244 Å². The number of carbonyl (C=O) groups excluding carboxylic acids is 2. The summed E-state index contributed by atoms with van der Waals surface area (Å²) in [6.07, 6.45) is 8.62. The summed E-state index contributed by atoms with van der Waals surface area (Å²) in [6, 6.07) is 2.86. The molecule has 3 aliphatic rings. The highest BCUT2D eigenvalue weighted by Gasteiger charge is 2.45. The van der Waals surface area contributed by atoms with Crippen LogP contribution < -0.4 is 14.8 Å². The number of hydrogen-bond donors (Lipinski definition) is 4. The topological polar surface area (TPSA) is 129 Å². The van der Waals surface area contributed by atoms with Crippen LogP contribution in [0.15, 0.2) is 23.8 Å². The number of amides is 2. The molecule has 4 N–H and O–H groups in total. The summed E-state index contributed by atoms with van der Waals surface area (Å²) >= 11 is 2.10. The normalized spacial score (nSPS) is 24.2. The van der Waals surface area contributed by atoms with Gasteiger partial charge in [0.2, 0.25) is 11.8 Å². The summed E-state index contributed by atoms with van der Waals surface area (Å²) in [4.78, 5) is 29.0. The molecule has 4 rings (SSSR count). The molecule has 3 unspecified atom stereocenters. The second kappa shape index (κ2) is 14.1. The number of nitrogens with one attached hydrogen (secondary N) is 1. The van der Waals surface area contributed by atoms with Gasteiger partial charge < -0.3 is 35.0 Å². The van der Waals surface area contributed by atoms with E-state index in [0.29, 0.717) is 26.2 Å². The largest absolute Gasteiger partial charge is 0.493 e. The highest BCUT2D eigenvalue weighted by atomic mass is 127. The fourth-order valence-electron chi connectivity index (χ4n) is 6.22. The summed E-state index contributed by atoms with van der Waals surface area (Å²) in [5.41, 5.74) is 1.08. The van der Waals surface area contributed by atoms with Crippen molar-refractivity contribution < 1.29 is 34.4 Å². The van der Waals surface area contributed by atoms with Crippen LogP contribution in [0.4, 0.5) is 0 Å². The molecule has 1 aromatic rings. The molecule has 3 atom stereocenters. The molecule has 0 aromatic heterocycles. The van der Waals surface area contributed by atoms with Crippen LogP contribution in [0.5, 0.6) is 11.5 Å². The van der Waals surface area contributed by atoms with Crippen molar-refractivity contribution in [2.24, 2.45) is 5.92 Å². The Hall–Kier alpha value is -1.89. The first-order valence-electron chi connectivity index (χ1n) is 14.1. The lowest BCUT2D eigenvalue weighted by Gasteiger charge is -2.46. The van der Waals surface area contributed by atoms with Gasteiger partial charge in [-0.2, -0.15) is 0 Å². The molecule has 0 saturated heterocycles. The molecule has 9 nitrogen and oxygen atoms in total. The van der Waals surface area contributed by atoms with Gasteiger partial charge >= 0.3 is 0 Å². The van der Waals surface area contributed by atoms with E-state index in [0.717, 1.165) is 57.8 Å². The van der Waals surface area contributed by atoms with E-state index >= 15 is 0 Å². The molecular weight excluding hydrogens is 615 g/mol. The lowest BCUT2D eigenvalue weighted by Crippen LogP contribution is -2.59. The summed E-state index contributed by atoms with van der Waals surface area (Å²) < 4.78 is 12.6. The predicted octanol–water partition coefficient (Wildman–Crippen LogP) is 3.06. The number of aliphatic hydroxyl groups is 3. The van der Waals surface area contributed by atoms with Crippen molar-refractivity contribution in [1.29, 1.82) is 0 Å². The Kier molecular flexibility index (Phi) is 10.9. The van der Waals surface area contributed by atoms with Gasteiger partial charge in [0.15, 0.2) is 11.5 Å². The van der Waals surface area contributed by atoms with E-state index in [2.05, 4.69) is 27.9 Å². The fourth-order valence-corrected chi connectivity index (χ4v) is 7.01. The average Bonchev–Trinajstić information content (AvgIpc) is 3.50. The molecule has 2 amide bonds. The fraction of sp³-hybridized carbons (Fsp3) is 0.655. The minimum atomic E-state index is -1.07. The number of nitrogens with zero attached hydrogens (tertiary/aromatic N) is 1. The lowest BCUT2D eigenvalue weighted by atomic mass is 9.84. The molecule has 0 spiro atoms. The molecule has 3 aliphatic carbocycles. The monoisotopic (exact) mass is 656 g/mol. The third-order valence-corrected chi connectivity index (χ3v) is 9.03. The number of aliphatic hydroxyl groups excluding tert-OH is 3. The van der Waals surface area contributed by atoms with Gasteiger partial charge in [0, 0.05) is 30.5 Å². The number of ether oxygens (including phenoxy) is 2. The zero-order valence-electron chi connectivity index (χ0n) is 22.6. The average molecular weight is 657 g/mol. The summed E-state index contributed by atoms with van der Waals surface area (Å²) in [5.74, 6) is 0.495. The third kappa shape index (κ3) is 7.07. The van der Waals surface area contributed by atoms with E-state index in [1.54, 1.807) is 18.2 Å². The molecule has 0 aliphatic heterocycles. The number of methoxy groups -OCH3 is 1. The maximum Gasteiger partial charge on any atom is 0.247 e. The summed E-state index contributed by atoms with van der Waals surface area (Å²) in [5, 5.41) is 33.4. The van der Waals surface area contributed by atoms with Crippen molar-refractivity contribution in [3.8, 4) is 11.5 Å². The first kappa shape index (κ1) is 30.1. The predicted molar refractivity (Wildman–Crippen MR) is 154 cm³/mol. The molecule has 216 valence electrons. The van der Waals surface area contributed by atoms with E-state index in [9.17, 15) is 24.9 Å². The van der Waals surface area contributed by atoms with Crippen molar-refractivity contribution in [1.82, 2.24) is 10.2 Å². The van der Waals surface area contributed by atoms with Gasteiger partial charge in [-0.15, -0.1) is 0 Å². The van der Waals surface area contributed by atoms with Gasteiger partial charge in [0.1, 0.15) is 12.2 Å². The molecule has 39 heavy (non-hydrogen) atoms. The Morgan fingerprint density at radius 2 is 1.77 bits per heavy atom. The van der Waals surface area contributed by atoms with Crippen molar-refractivity contribution >= 4 is 34.4 Å². The molecule has 0 heterocycles. The SMILES string of the molecule is COc1cc(CO)cc(I)c1OC1C=C(C(=O)NCCO)CC(N(C(=O)C2CCCC2)C2CCCCC2)C1O. The van der Waals surface area contributed by atoms with Crippen LogP contribution in [0.2, 0.25) is 0 Å². The van der Waals surface area contributed by atoms with Crippen molar-refractivity contribution in [2.75, 3.05) is 20.3 Å². The van der Waals surface area contributed by atoms with Crippen LogP contribution in [0.25, 0.3) is 0 Å². The first-order chi connectivity index (χ1) is 18.9. The summed E-state index contributed by atoms with van der Waals surface area (Å²) in [7, 11) is 1.51. The van der Waals surface area contributed by atoms with Gasteiger partial charge in [-0.3, -0.25) is 9.59 Å². The standard InChI is InChI=1S/C29H41IN2O7/c1-38-25-14-18(17-34)13-22(30)27(25)39-24-16-20(28(36)31-11-12-33)15-23(26(24)35)32(21-9-3-2-4-10-21)29(37)19-7-5-6-8-19/h13-14,16,19,21,23-24,26,33-35H,2-12,15,17H2,1H3,(H,31,36). The Morgan fingerprint density at radius 3 is 2.41 bits per heavy atom. The van der Waals surface area contributed by atoms with Gasteiger partial charge in [0.05, 0.1) is 29.9 Å². The minimum Gasteiger partial charge on any atom is -0.493 e. The smallest absolute Gasteiger partial charge is 0.247 e. The highest BCUT2D eigenvalue weighted by Crippen LogP contribution is 2.39. The van der Waals surface area contributed by atoms with Crippen LogP contribution in [0.3, 0.4) is 0 Å². The van der Waals surface area contributed by atoms with Crippen LogP contribution >= 0.6 is 22.6 Å². The van der Waals surface area contributed by atoms with Crippen molar-refractivity contribution in [3.63, 3.8) is 0 Å². The first-order valence-corrected chi connectivity index (χ1v) is 15.2. The Bertz CT molecular complexity index is 1040. The Morgan fingerprint density at radius 1 is 1.08 bits per heavy atom. The zero-order chi connectivity index (χ0) is 27.9. The van der Waals surface area contributed by atoms with Gasteiger partial charge in [-0.05, 0) is 72.0 Å². The quantitative estimate of drug-likeness (QED) is 0.285. The summed E-state index contributed by atoms with van der Waals surface area (Å²) in [6.45, 7) is -0.238. The highest BCUT2D eigenvalue weighted by molar-refractivity contribution is 14.1. The van der Waals surface area contributed by atoms with E-state index in [1.807, 2.05) is 4.90 Å². The van der Waals surface area contributed by atoms with E-state index in [-0.39, 0.29) is 50.0 Å². The zero-order valence-corrected chi connectivity index (χ0v) is 24.8. The number of rotatable bonds is 10. The van der Waals surface area contributed by atoms with E-state index < -0.39 is 18.2 Å². The van der Waals surface area contributed by atoms with Crippen LogP contribution in [0, 0.1) is 9.49 Å². The van der Waals surface area contributed by atoms with Crippen LogP contribution in [-0.4, -0.2) is 76.6 Å². The van der Waals surface area contributed by atoms with E-state index in [4.69, 9.17) is 9.47 Å². The van der Waals surface area contributed by atoms with Gasteiger partial charge in [-0.25, -0.2) is 0 Å². The second-order valence-corrected chi connectivity index (χ2v) is 12.0. The third-order valence-electron chi connectivity index (χ3n) is 8.22. The van der Waals surface area contributed by atoms with Gasteiger partial charge in [0.25, 0.3) is 0 Å². The molecule has 0 bridgehead atoms. The van der Waals surface area contributed by atoms with Crippen molar-refractivity contribution in [2.45, 2.75) is 95.1 Å². The molecular formula is C29H41IN2O7. The molecule has 2 saturated carbocycles. The van der Waals surface area contributed by atoms with E-state index in [1.165, 1.54) is 7.11 Å². The number of hydrogen-bond acceptors (Lipinski definition) is 7.